The maximum atomic E-state index is 3.93. The number of H-pyrrole nitrogens is 1. The summed E-state index contributed by atoms with van der Waals surface area (Å²) in [5, 5.41) is 2.51. The topological polar surface area (TPSA) is 22.3 Å². The molecule has 0 amide bonds. The number of aromatic nitrogens is 1. The lowest BCUT2D eigenvalue weighted by atomic mass is 9.35. The van der Waals surface area contributed by atoms with Crippen molar-refractivity contribution >= 4 is 105 Å². The number of aromatic amines is 1. The highest BCUT2D eigenvalue weighted by atomic mass is 15.1. The van der Waals surface area contributed by atoms with Crippen molar-refractivity contribution in [3.63, 3.8) is 0 Å². The van der Waals surface area contributed by atoms with Crippen molar-refractivity contribution in [1.29, 1.82) is 0 Å². The normalized spacial score (nSPS) is 17.0. The van der Waals surface area contributed by atoms with E-state index in [0.717, 1.165) is 34.3 Å². The van der Waals surface area contributed by atoms with Crippen LogP contribution in [0.5, 0.6) is 0 Å². The molecule has 1 N–H and O–H groups in total. The van der Waals surface area contributed by atoms with Gasteiger partial charge in [-0.3, -0.25) is 0 Å². The van der Waals surface area contributed by atoms with Crippen molar-refractivity contribution in [2.75, 3.05) is 9.80 Å². The maximum absolute atomic E-state index is 3.93. The van der Waals surface area contributed by atoms with Gasteiger partial charge in [0.1, 0.15) is 0 Å². The molecule has 11 rings (SSSR count). The number of hydrogen-bond acceptors (Lipinski definition) is 2. The SMILES string of the molecule is CB(c1ccc(N(c2ccc(B(C)C3CCC3)cc2)c2ccc3c(c2)[nH]c2cc(N(c4ccc(B(C)C5CCCC5)cc4)c4ccc(B(C)C5CCC5)cc4)ccc23)cc1)C1CCCC1. The van der Waals surface area contributed by atoms with Gasteiger partial charge in [0, 0.05) is 55.9 Å². The number of nitrogens with zero attached hydrogens (tertiary/aromatic N) is 2. The van der Waals surface area contributed by atoms with Gasteiger partial charge in [-0.15, -0.1) is 0 Å². The average Bonchev–Trinajstić information content (AvgIpc) is 4.11. The van der Waals surface area contributed by atoms with Crippen molar-refractivity contribution in [1.82, 2.24) is 4.98 Å². The Labute approximate surface area is 391 Å². The van der Waals surface area contributed by atoms with Crippen molar-refractivity contribution in [3.05, 3.63) is 133 Å². The second-order valence-corrected chi connectivity index (χ2v) is 21.2. The van der Waals surface area contributed by atoms with Crippen LogP contribution in [0.4, 0.5) is 34.1 Å². The number of nitrogens with one attached hydrogen (secondary N) is 1. The van der Waals surface area contributed by atoms with E-state index in [9.17, 15) is 0 Å². The Morgan fingerprint density at radius 2 is 0.569 bits per heavy atom. The fourth-order valence-corrected chi connectivity index (χ4v) is 12.6. The first-order valence-corrected chi connectivity index (χ1v) is 25.9. The van der Waals surface area contributed by atoms with E-state index in [1.54, 1.807) is 0 Å². The van der Waals surface area contributed by atoms with Gasteiger partial charge in [0.05, 0.1) is 0 Å². The summed E-state index contributed by atoms with van der Waals surface area (Å²) in [6.07, 6.45) is 19.2. The summed E-state index contributed by atoms with van der Waals surface area (Å²) >= 11 is 0. The minimum atomic E-state index is 0.598. The Morgan fingerprint density at radius 1 is 0.323 bits per heavy atom. The van der Waals surface area contributed by atoms with Crippen molar-refractivity contribution in [2.45, 2.75) is 140 Å². The van der Waals surface area contributed by atoms with Gasteiger partial charge in [0.25, 0.3) is 0 Å². The molecule has 4 aliphatic carbocycles. The Kier molecular flexibility index (Phi) is 12.0. The molecule has 0 aliphatic heterocycles. The molecule has 326 valence electrons. The first-order valence-electron chi connectivity index (χ1n) is 25.9. The van der Waals surface area contributed by atoms with Gasteiger partial charge in [-0.2, -0.15) is 0 Å². The van der Waals surface area contributed by atoms with Crippen molar-refractivity contribution in [2.24, 2.45) is 0 Å². The molecule has 7 aromatic rings. The molecule has 4 fully saturated rings. The van der Waals surface area contributed by atoms with Crippen LogP contribution in [-0.2, 0) is 0 Å². The van der Waals surface area contributed by atoms with Crippen molar-refractivity contribution < 1.29 is 0 Å². The quantitative estimate of drug-likeness (QED) is 0.110. The third kappa shape index (κ3) is 8.40. The maximum Gasteiger partial charge on any atom is 0.175 e. The molecule has 0 atom stereocenters. The molecule has 1 aromatic heterocycles. The lowest BCUT2D eigenvalue weighted by molar-refractivity contribution is 0.496. The lowest BCUT2D eigenvalue weighted by Crippen LogP contribution is -2.35. The Hall–Kier alpha value is -5.02. The van der Waals surface area contributed by atoms with Crippen LogP contribution in [-0.4, -0.2) is 31.8 Å². The number of anilines is 6. The summed E-state index contributed by atoms with van der Waals surface area (Å²) in [6.45, 7) is 12.2. The minimum Gasteiger partial charge on any atom is -0.354 e. The van der Waals surface area contributed by atoms with Crippen LogP contribution in [0.1, 0.15) is 89.9 Å². The molecule has 0 saturated heterocycles. The minimum absolute atomic E-state index is 0.598. The molecule has 65 heavy (non-hydrogen) atoms. The van der Waals surface area contributed by atoms with Crippen LogP contribution in [0.2, 0.25) is 50.6 Å². The molecule has 4 aliphatic rings. The van der Waals surface area contributed by atoms with Gasteiger partial charge in [-0.1, -0.05) is 223 Å². The zero-order valence-electron chi connectivity index (χ0n) is 39.6. The highest BCUT2D eigenvalue weighted by molar-refractivity contribution is 6.74. The monoisotopic (exact) mass is 850 g/mol. The Balaban J connectivity index is 0.946. The highest BCUT2D eigenvalue weighted by Crippen LogP contribution is 2.42. The molecule has 0 bridgehead atoms. The third-order valence-electron chi connectivity index (χ3n) is 17.7. The van der Waals surface area contributed by atoms with Crippen LogP contribution in [0, 0.1) is 0 Å². The van der Waals surface area contributed by atoms with E-state index in [4.69, 9.17) is 0 Å². The predicted octanol–water partition coefficient (Wildman–Crippen LogP) is 14.6. The van der Waals surface area contributed by atoms with Gasteiger partial charge < -0.3 is 14.8 Å². The summed E-state index contributed by atoms with van der Waals surface area (Å²) in [7, 11) is 0. The lowest BCUT2D eigenvalue weighted by Gasteiger charge is -2.30. The highest BCUT2D eigenvalue weighted by Gasteiger charge is 2.31. The molecular formula is C58H67B4N3. The fourth-order valence-electron chi connectivity index (χ4n) is 12.6. The first kappa shape index (κ1) is 42.6. The summed E-state index contributed by atoms with van der Waals surface area (Å²) in [6, 6.07) is 52.2. The molecule has 4 saturated carbocycles. The molecule has 0 radical (unpaired) electrons. The van der Waals surface area contributed by atoms with Gasteiger partial charge in [0.2, 0.25) is 0 Å². The molecule has 0 unspecified atom stereocenters. The van der Waals surface area contributed by atoms with Gasteiger partial charge in [0.15, 0.2) is 26.9 Å². The number of hydrogen-bond donors (Lipinski definition) is 1. The van der Waals surface area contributed by atoms with E-state index in [2.05, 4.69) is 176 Å². The molecule has 1 heterocycles. The Morgan fingerprint density at radius 3 is 0.815 bits per heavy atom. The molecule has 3 nitrogen and oxygen atoms in total. The summed E-state index contributed by atoms with van der Waals surface area (Å²) in [5.41, 5.74) is 15.3. The summed E-state index contributed by atoms with van der Waals surface area (Å²) < 4.78 is 0. The van der Waals surface area contributed by atoms with E-state index < -0.39 is 0 Å². The van der Waals surface area contributed by atoms with Crippen LogP contribution in [0.25, 0.3) is 21.8 Å². The van der Waals surface area contributed by atoms with Crippen molar-refractivity contribution in [3.8, 4) is 0 Å². The molecule has 0 spiro atoms. The van der Waals surface area contributed by atoms with Crippen LogP contribution in [0.15, 0.2) is 133 Å². The standard InChI is InChI=1S/C58H67B4N3/c1-59(41-11-5-6-12-41)45-19-27-49(28-20-45)64(51-31-23-47(24-32-51)61(3)43-15-9-16-43)53-35-37-55-56-38-36-54(40-58(56)63-57(55)39-53)65(52-33-25-48(26-34-52)62(4)44-17-10-18-44)50-29-21-46(22-30-50)60(2)42-13-7-8-14-42/h19-44,63H,5-18H2,1-4H3. The smallest absolute Gasteiger partial charge is 0.175 e. The Bertz CT molecular complexity index is 2520. The summed E-state index contributed by atoms with van der Waals surface area (Å²) in [4.78, 5) is 8.86. The van der Waals surface area contributed by atoms with Crippen LogP contribution in [0.3, 0.4) is 0 Å². The second kappa shape index (κ2) is 18.3. The fraction of sp³-hybridized carbons (Fsp3) is 0.379. The van der Waals surface area contributed by atoms with E-state index in [0.29, 0.717) is 26.9 Å². The first-order chi connectivity index (χ1) is 31.9. The predicted molar refractivity (Wildman–Crippen MR) is 290 cm³/mol. The second-order valence-electron chi connectivity index (χ2n) is 21.2. The van der Waals surface area contributed by atoms with E-state index in [1.165, 1.54) is 157 Å². The van der Waals surface area contributed by atoms with Gasteiger partial charge in [-0.05, 0) is 72.8 Å². The zero-order chi connectivity index (χ0) is 44.0. The van der Waals surface area contributed by atoms with Gasteiger partial charge in [-0.25, -0.2) is 0 Å². The van der Waals surface area contributed by atoms with Crippen LogP contribution < -0.4 is 31.7 Å². The zero-order valence-corrected chi connectivity index (χ0v) is 39.6. The number of benzene rings is 6. The van der Waals surface area contributed by atoms with E-state index in [-0.39, 0.29) is 0 Å². The average molecular weight is 849 g/mol. The molecule has 6 aromatic carbocycles. The molecular weight excluding hydrogens is 782 g/mol. The van der Waals surface area contributed by atoms with E-state index >= 15 is 0 Å². The van der Waals surface area contributed by atoms with Crippen LogP contribution >= 0.6 is 0 Å². The van der Waals surface area contributed by atoms with Gasteiger partial charge >= 0.3 is 0 Å². The largest absolute Gasteiger partial charge is 0.354 e. The molecule has 7 heteroatoms. The summed E-state index contributed by atoms with van der Waals surface area (Å²) in [5.74, 6) is 3.26. The number of rotatable bonds is 14. The third-order valence-corrected chi connectivity index (χ3v) is 17.7. The van der Waals surface area contributed by atoms with E-state index in [1.807, 2.05) is 0 Å². The number of fused-ring (bicyclic) bond motifs is 3.